The van der Waals surface area contributed by atoms with Crippen LogP contribution in [-0.4, -0.2) is 95.3 Å². The molecule has 0 bridgehead atoms. The summed E-state index contributed by atoms with van der Waals surface area (Å²) in [5, 5.41) is 32.7. The van der Waals surface area contributed by atoms with E-state index in [0.29, 0.717) is 35.1 Å². The molecular formula is C52H66ClN7O7S. The first kappa shape index (κ1) is 51.9. The van der Waals surface area contributed by atoms with Gasteiger partial charge in [0.05, 0.1) is 38.8 Å². The van der Waals surface area contributed by atoms with Crippen molar-refractivity contribution in [3.05, 3.63) is 99.6 Å². The standard InChI is InChI=1S/C52H66ClN7O7S/c1-31(33-13-15-34(16-14-33)43-32(2)56-30-68-43)57-46(64)41-25-38(61)28-60(41)47(65)44(50(3,4)5)58-42(62)29-66-24-12-10-11-23-55-37-20-17-35(18-21-37)45(63)59-48-51(6,7)49(52(48,8)9)67-39-22-19-36(27-54)40(53)26-39/h13-22,26,30-31,38,41,44,48-49,55,61H,10-12,23-25,28-29H2,1-9H3,(H,57,64)(H,58,62)(H,59,63)/t31?,38-,41+,44?,48?,49?/m1/s1. The summed E-state index contributed by atoms with van der Waals surface area (Å²) < 4.78 is 12.1. The van der Waals surface area contributed by atoms with Gasteiger partial charge in [0.2, 0.25) is 17.7 Å². The van der Waals surface area contributed by atoms with Gasteiger partial charge in [-0.1, -0.05) is 84.3 Å². The average Bonchev–Trinajstić information content (AvgIpc) is 3.91. The van der Waals surface area contributed by atoms with Crippen LogP contribution >= 0.6 is 22.9 Å². The van der Waals surface area contributed by atoms with Crippen LogP contribution in [0.25, 0.3) is 10.4 Å². The molecule has 2 aliphatic rings. The number of hydrogen-bond acceptors (Lipinski definition) is 11. The van der Waals surface area contributed by atoms with Crippen LogP contribution in [0.15, 0.2) is 72.2 Å². The number of nitriles is 1. The molecule has 1 aliphatic heterocycles. The second kappa shape index (κ2) is 21.8. The number of amides is 4. The largest absolute Gasteiger partial charge is 0.489 e. The minimum atomic E-state index is -0.952. The van der Waals surface area contributed by atoms with Gasteiger partial charge in [0, 0.05) is 60.3 Å². The highest BCUT2D eigenvalue weighted by Gasteiger charge is 2.64. The maximum atomic E-state index is 14.1. The Morgan fingerprint density at radius 1 is 0.985 bits per heavy atom. The van der Waals surface area contributed by atoms with E-state index in [2.05, 4.69) is 60.0 Å². The fourth-order valence-electron chi connectivity index (χ4n) is 9.67. The van der Waals surface area contributed by atoms with E-state index in [4.69, 9.17) is 21.1 Å². The Bertz CT molecular complexity index is 2450. The van der Waals surface area contributed by atoms with Crippen LogP contribution in [0.2, 0.25) is 5.02 Å². The van der Waals surface area contributed by atoms with Gasteiger partial charge in [-0.2, -0.15) is 5.26 Å². The maximum Gasteiger partial charge on any atom is 0.251 e. The van der Waals surface area contributed by atoms with Crippen LogP contribution in [0.4, 0.5) is 5.69 Å². The zero-order valence-corrected chi connectivity index (χ0v) is 42.1. The third-order valence-electron chi connectivity index (χ3n) is 13.2. The lowest BCUT2D eigenvalue weighted by atomic mass is 9.49. The van der Waals surface area contributed by atoms with E-state index in [-0.39, 0.29) is 60.4 Å². The second-order valence-electron chi connectivity index (χ2n) is 20.3. The molecule has 16 heteroatoms. The number of aliphatic hydroxyl groups is 1. The number of aryl methyl sites for hydroxylation is 1. The van der Waals surface area contributed by atoms with Gasteiger partial charge in [-0.15, -0.1) is 11.3 Å². The van der Waals surface area contributed by atoms with Gasteiger partial charge in [-0.05, 0) is 86.1 Å². The molecule has 1 saturated carbocycles. The summed E-state index contributed by atoms with van der Waals surface area (Å²) in [6.45, 7) is 18.5. The Kier molecular flexibility index (Phi) is 16.6. The Balaban J connectivity index is 0.887. The third kappa shape index (κ3) is 12.2. The molecule has 4 aromatic rings. The van der Waals surface area contributed by atoms with Crippen LogP contribution in [0, 0.1) is 34.5 Å². The average molecular weight is 969 g/mol. The quantitative estimate of drug-likeness (QED) is 0.0572. The smallest absolute Gasteiger partial charge is 0.251 e. The second-order valence-corrected chi connectivity index (χ2v) is 21.6. The summed E-state index contributed by atoms with van der Waals surface area (Å²) in [6.07, 6.45) is 1.46. The van der Waals surface area contributed by atoms with E-state index in [1.54, 1.807) is 41.7 Å². The number of carbonyl (C=O) groups is 4. The molecule has 0 radical (unpaired) electrons. The zero-order chi connectivity index (χ0) is 49.6. The van der Waals surface area contributed by atoms with E-state index in [1.165, 1.54) is 4.90 Å². The Morgan fingerprint density at radius 3 is 2.29 bits per heavy atom. The number of nitrogens with one attached hydrogen (secondary N) is 4. The molecule has 14 nitrogen and oxygen atoms in total. The van der Waals surface area contributed by atoms with Crippen LogP contribution in [-0.2, 0) is 19.1 Å². The van der Waals surface area contributed by atoms with Gasteiger partial charge in [0.25, 0.3) is 5.91 Å². The van der Waals surface area contributed by atoms with Crippen molar-refractivity contribution >= 4 is 52.3 Å². The van der Waals surface area contributed by atoms with Crippen molar-refractivity contribution in [1.82, 2.24) is 25.8 Å². The summed E-state index contributed by atoms with van der Waals surface area (Å²) in [5.41, 5.74) is 5.11. The van der Waals surface area contributed by atoms with Gasteiger partial charge >= 0.3 is 0 Å². The third-order valence-corrected chi connectivity index (χ3v) is 14.5. The summed E-state index contributed by atoms with van der Waals surface area (Å²) >= 11 is 7.81. The topological polar surface area (TPSA) is 195 Å². The molecule has 4 atom stereocenters. The lowest BCUT2D eigenvalue weighted by molar-refractivity contribution is -0.164. The molecule has 1 aliphatic carbocycles. The molecule has 3 aromatic carbocycles. The first-order chi connectivity index (χ1) is 32.1. The number of aromatic nitrogens is 1. The molecule has 68 heavy (non-hydrogen) atoms. The van der Waals surface area contributed by atoms with E-state index < -0.39 is 35.4 Å². The lowest BCUT2D eigenvalue weighted by Gasteiger charge is -2.63. The van der Waals surface area contributed by atoms with E-state index in [1.807, 2.05) is 76.5 Å². The molecule has 2 fully saturated rings. The molecule has 5 N–H and O–H groups in total. The van der Waals surface area contributed by atoms with Crippen molar-refractivity contribution in [3.63, 3.8) is 0 Å². The first-order valence-corrected chi connectivity index (χ1v) is 24.5. The fraction of sp³-hybridized carbons (Fsp3) is 0.500. The number of benzene rings is 3. The monoisotopic (exact) mass is 967 g/mol. The number of halogens is 1. The molecular weight excluding hydrogens is 902 g/mol. The molecule has 2 heterocycles. The number of thiazole rings is 1. The number of aliphatic hydroxyl groups excluding tert-OH is 1. The van der Waals surface area contributed by atoms with Crippen molar-refractivity contribution in [3.8, 4) is 22.3 Å². The predicted molar refractivity (Wildman–Crippen MR) is 265 cm³/mol. The normalized spacial score (nSPS) is 20.3. The number of ether oxygens (including phenoxy) is 2. The molecule has 1 aromatic heterocycles. The molecule has 0 spiro atoms. The van der Waals surface area contributed by atoms with Crippen molar-refractivity contribution in [2.75, 3.05) is 31.6 Å². The SMILES string of the molecule is Cc1ncsc1-c1ccc(C(C)NC(=O)[C@@H]2C[C@@H](O)CN2C(=O)C(NC(=O)COCCCCCNc2ccc(C(=O)NC3C(C)(C)C(Oc4ccc(C#N)c(Cl)c4)C3(C)C)cc2)C(C)(C)C)cc1. The number of hydrogen-bond donors (Lipinski definition) is 5. The highest BCUT2D eigenvalue weighted by molar-refractivity contribution is 7.13. The summed E-state index contributed by atoms with van der Waals surface area (Å²) in [5.74, 6) is -0.820. The van der Waals surface area contributed by atoms with E-state index >= 15 is 0 Å². The van der Waals surface area contributed by atoms with Crippen molar-refractivity contribution in [2.24, 2.45) is 16.2 Å². The number of unbranched alkanes of at least 4 members (excludes halogenated alkanes) is 2. The minimum absolute atomic E-state index is 0.0135. The van der Waals surface area contributed by atoms with Crippen molar-refractivity contribution < 1.29 is 33.8 Å². The van der Waals surface area contributed by atoms with E-state index in [0.717, 1.165) is 46.6 Å². The molecule has 4 amide bonds. The number of nitrogens with zero attached hydrogens (tertiary/aromatic N) is 3. The molecule has 364 valence electrons. The maximum absolute atomic E-state index is 14.1. The predicted octanol–water partition coefficient (Wildman–Crippen LogP) is 8.22. The summed E-state index contributed by atoms with van der Waals surface area (Å²) in [4.78, 5) is 61.0. The van der Waals surface area contributed by atoms with Crippen molar-refractivity contribution in [2.45, 2.75) is 124 Å². The zero-order valence-electron chi connectivity index (χ0n) is 40.6. The number of β-amino-alcohol motifs (C(OH)–C–C–N with tert-alkyl or cyclic N) is 1. The van der Waals surface area contributed by atoms with Gasteiger partial charge in [-0.3, -0.25) is 19.2 Å². The van der Waals surface area contributed by atoms with Crippen molar-refractivity contribution in [1.29, 1.82) is 5.26 Å². The van der Waals surface area contributed by atoms with Crippen LogP contribution in [0.5, 0.6) is 5.75 Å². The van der Waals surface area contributed by atoms with Crippen LogP contribution in [0.1, 0.15) is 114 Å². The Hall–Kier alpha value is -5.53. The van der Waals surface area contributed by atoms with Gasteiger partial charge in [0.1, 0.15) is 36.6 Å². The lowest BCUT2D eigenvalue weighted by Crippen LogP contribution is -2.74. The first-order valence-electron chi connectivity index (χ1n) is 23.3. The fourth-order valence-corrected chi connectivity index (χ4v) is 10.7. The number of rotatable bonds is 19. The van der Waals surface area contributed by atoms with Gasteiger partial charge < -0.3 is 40.7 Å². The highest BCUT2D eigenvalue weighted by atomic mass is 35.5. The number of anilines is 1. The molecule has 6 rings (SSSR count). The van der Waals surface area contributed by atoms with Gasteiger partial charge in [0.15, 0.2) is 0 Å². The molecule has 2 unspecified atom stereocenters. The Morgan fingerprint density at radius 2 is 1.68 bits per heavy atom. The molecule has 1 saturated heterocycles. The van der Waals surface area contributed by atoms with Gasteiger partial charge in [-0.25, -0.2) is 4.98 Å². The summed E-state index contributed by atoms with van der Waals surface area (Å²) in [6, 6.07) is 20.1. The van der Waals surface area contributed by atoms with Crippen LogP contribution in [0.3, 0.4) is 0 Å². The number of likely N-dealkylation sites (tertiary alicyclic amines) is 1. The minimum Gasteiger partial charge on any atom is -0.489 e. The summed E-state index contributed by atoms with van der Waals surface area (Å²) in [7, 11) is 0. The van der Waals surface area contributed by atoms with E-state index in [9.17, 15) is 29.5 Å². The highest BCUT2D eigenvalue weighted by Crippen LogP contribution is 2.55. The number of carbonyl (C=O) groups excluding carboxylic acids is 4. The van der Waals surface area contributed by atoms with Crippen LogP contribution < -0.4 is 26.0 Å². The Labute approximate surface area is 409 Å².